The van der Waals surface area contributed by atoms with Crippen molar-refractivity contribution in [2.24, 2.45) is 0 Å². The molecule has 0 saturated heterocycles. The Balaban J connectivity index is 3.06. The standard InChI is InChI=1S/C21H36O9/c1-4-5-23-6-7-24-8-9-25-10-11-26-12-13-27-14-15-28-16-17-29-18-19-30-21(22)20(2)3/h1H,2,5-19H2,3H3. The molecule has 0 spiro atoms. The molecule has 9 nitrogen and oxygen atoms in total. The van der Waals surface area contributed by atoms with Crippen LogP contribution in [0.2, 0.25) is 0 Å². The first kappa shape index (κ1) is 28.5. The van der Waals surface area contributed by atoms with Crippen LogP contribution in [-0.2, 0) is 42.7 Å². The lowest BCUT2D eigenvalue weighted by Gasteiger charge is -2.08. The van der Waals surface area contributed by atoms with Crippen molar-refractivity contribution in [3.05, 3.63) is 12.2 Å². The Bertz CT molecular complexity index is 448. The summed E-state index contributed by atoms with van der Waals surface area (Å²) in [7, 11) is 0. The minimum atomic E-state index is -0.410. The van der Waals surface area contributed by atoms with E-state index in [1.165, 1.54) is 0 Å². The van der Waals surface area contributed by atoms with Crippen LogP contribution < -0.4 is 0 Å². The van der Waals surface area contributed by atoms with Crippen LogP contribution in [-0.4, -0.2) is 105 Å². The molecule has 0 N–H and O–H groups in total. The Labute approximate surface area is 179 Å². The van der Waals surface area contributed by atoms with Gasteiger partial charge in [-0.2, -0.15) is 0 Å². The SMILES string of the molecule is C#CCOCCOCCOCCOCCOCCOCCOCCOC(=O)C(=C)C. The van der Waals surface area contributed by atoms with E-state index in [2.05, 4.69) is 12.5 Å². The lowest BCUT2D eigenvalue weighted by atomic mass is 10.4. The van der Waals surface area contributed by atoms with Gasteiger partial charge in [-0.3, -0.25) is 0 Å². The van der Waals surface area contributed by atoms with Gasteiger partial charge in [0.05, 0.1) is 85.9 Å². The van der Waals surface area contributed by atoms with E-state index in [1.54, 1.807) is 6.92 Å². The third-order valence-corrected chi connectivity index (χ3v) is 3.23. The molecule has 30 heavy (non-hydrogen) atoms. The number of carbonyl (C=O) groups is 1. The zero-order chi connectivity index (χ0) is 22.1. The molecular weight excluding hydrogens is 396 g/mol. The Morgan fingerprint density at radius 3 is 1.23 bits per heavy atom. The molecule has 0 aromatic carbocycles. The molecule has 0 saturated carbocycles. The second-order valence-electron chi connectivity index (χ2n) is 5.85. The number of hydrogen-bond acceptors (Lipinski definition) is 9. The number of rotatable bonds is 23. The van der Waals surface area contributed by atoms with Crippen LogP contribution in [0.25, 0.3) is 0 Å². The van der Waals surface area contributed by atoms with Crippen molar-refractivity contribution in [2.45, 2.75) is 6.92 Å². The van der Waals surface area contributed by atoms with Crippen molar-refractivity contribution in [1.82, 2.24) is 0 Å². The maximum atomic E-state index is 11.1. The molecule has 0 rings (SSSR count). The Kier molecular flexibility index (Phi) is 22.6. The fourth-order valence-electron chi connectivity index (χ4n) is 1.77. The fraction of sp³-hybridized carbons (Fsp3) is 0.762. The van der Waals surface area contributed by atoms with E-state index in [0.717, 1.165) is 0 Å². The number of hydrogen-bond donors (Lipinski definition) is 0. The number of terminal acetylenes is 1. The second kappa shape index (κ2) is 23.8. The zero-order valence-corrected chi connectivity index (χ0v) is 18.1. The van der Waals surface area contributed by atoms with Gasteiger partial charge in [0, 0.05) is 5.57 Å². The summed E-state index contributed by atoms with van der Waals surface area (Å²) in [6.45, 7) is 11.8. The molecule has 9 heteroatoms. The molecule has 0 heterocycles. The van der Waals surface area contributed by atoms with Gasteiger partial charge >= 0.3 is 5.97 Å². The summed E-state index contributed by atoms with van der Waals surface area (Å²) in [5.74, 6) is 1.98. The minimum absolute atomic E-state index is 0.205. The number of ether oxygens (including phenoxy) is 8. The molecule has 0 atom stereocenters. The van der Waals surface area contributed by atoms with Crippen molar-refractivity contribution in [3.8, 4) is 12.3 Å². The molecule has 0 aromatic heterocycles. The van der Waals surface area contributed by atoms with Gasteiger partial charge in [-0.1, -0.05) is 12.5 Å². The Morgan fingerprint density at radius 2 is 0.933 bits per heavy atom. The largest absolute Gasteiger partial charge is 0.460 e. The van der Waals surface area contributed by atoms with Crippen LogP contribution in [0.5, 0.6) is 0 Å². The van der Waals surface area contributed by atoms with Crippen molar-refractivity contribution >= 4 is 5.97 Å². The third-order valence-electron chi connectivity index (χ3n) is 3.23. The molecule has 0 unspecified atom stereocenters. The number of esters is 1. The maximum Gasteiger partial charge on any atom is 0.333 e. The molecule has 0 aromatic rings. The summed E-state index contributed by atoms with van der Waals surface area (Å²) in [5.41, 5.74) is 0.373. The first-order valence-electron chi connectivity index (χ1n) is 9.98. The Hall–Kier alpha value is -1.51. The van der Waals surface area contributed by atoms with Crippen molar-refractivity contribution in [2.75, 3.05) is 99.1 Å². The van der Waals surface area contributed by atoms with E-state index in [9.17, 15) is 4.79 Å². The van der Waals surface area contributed by atoms with Gasteiger partial charge in [0.15, 0.2) is 0 Å². The van der Waals surface area contributed by atoms with Gasteiger partial charge in [-0.25, -0.2) is 4.79 Å². The summed E-state index contributed by atoms with van der Waals surface area (Å²) in [4.78, 5) is 11.1. The van der Waals surface area contributed by atoms with Gasteiger partial charge in [0.2, 0.25) is 0 Å². The predicted molar refractivity (Wildman–Crippen MR) is 110 cm³/mol. The minimum Gasteiger partial charge on any atom is -0.460 e. The van der Waals surface area contributed by atoms with E-state index in [-0.39, 0.29) is 6.61 Å². The molecule has 0 aliphatic carbocycles. The molecule has 0 aliphatic heterocycles. The summed E-state index contributed by atoms with van der Waals surface area (Å²) >= 11 is 0. The van der Waals surface area contributed by atoms with Crippen molar-refractivity contribution < 1.29 is 42.7 Å². The molecule has 0 amide bonds. The molecule has 0 bridgehead atoms. The zero-order valence-electron chi connectivity index (χ0n) is 18.1. The highest BCUT2D eigenvalue weighted by atomic mass is 16.6. The average Bonchev–Trinajstić information content (AvgIpc) is 2.74. The van der Waals surface area contributed by atoms with E-state index >= 15 is 0 Å². The lowest BCUT2D eigenvalue weighted by Crippen LogP contribution is -2.15. The lowest BCUT2D eigenvalue weighted by molar-refractivity contribution is -0.140. The van der Waals surface area contributed by atoms with E-state index in [1.807, 2.05) is 0 Å². The topological polar surface area (TPSA) is 90.9 Å². The smallest absolute Gasteiger partial charge is 0.333 e. The van der Waals surface area contributed by atoms with E-state index < -0.39 is 5.97 Å². The first-order chi connectivity index (χ1) is 14.7. The number of carbonyl (C=O) groups excluding carboxylic acids is 1. The summed E-state index contributed by atoms with van der Waals surface area (Å²) in [6.07, 6.45) is 5.05. The molecule has 0 fully saturated rings. The highest BCUT2D eigenvalue weighted by molar-refractivity contribution is 5.86. The van der Waals surface area contributed by atoms with Crippen LogP contribution in [0, 0.1) is 12.3 Å². The van der Waals surface area contributed by atoms with Gasteiger partial charge in [0.25, 0.3) is 0 Å². The molecule has 174 valence electrons. The third kappa shape index (κ3) is 22.8. The fourth-order valence-corrected chi connectivity index (χ4v) is 1.77. The second-order valence-corrected chi connectivity index (χ2v) is 5.85. The van der Waals surface area contributed by atoms with Crippen LogP contribution in [0.15, 0.2) is 12.2 Å². The quantitative estimate of drug-likeness (QED) is 0.101. The van der Waals surface area contributed by atoms with Gasteiger partial charge in [-0.15, -0.1) is 6.42 Å². The van der Waals surface area contributed by atoms with E-state index in [0.29, 0.717) is 98.1 Å². The van der Waals surface area contributed by atoms with E-state index in [4.69, 9.17) is 44.3 Å². The van der Waals surface area contributed by atoms with Crippen LogP contribution >= 0.6 is 0 Å². The van der Waals surface area contributed by atoms with Gasteiger partial charge < -0.3 is 37.9 Å². The van der Waals surface area contributed by atoms with Crippen molar-refractivity contribution in [1.29, 1.82) is 0 Å². The summed E-state index contributed by atoms with van der Waals surface area (Å²) in [5, 5.41) is 0. The van der Waals surface area contributed by atoms with Gasteiger partial charge in [-0.05, 0) is 6.92 Å². The van der Waals surface area contributed by atoms with Gasteiger partial charge in [0.1, 0.15) is 13.2 Å². The summed E-state index contributed by atoms with van der Waals surface area (Å²) < 4.78 is 42.0. The van der Waals surface area contributed by atoms with Crippen LogP contribution in [0.4, 0.5) is 0 Å². The normalized spacial score (nSPS) is 10.7. The predicted octanol–water partition coefficient (Wildman–Crippen LogP) is 0.855. The highest BCUT2D eigenvalue weighted by Gasteiger charge is 2.01. The molecule has 0 radical (unpaired) electrons. The van der Waals surface area contributed by atoms with Crippen molar-refractivity contribution in [3.63, 3.8) is 0 Å². The average molecular weight is 433 g/mol. The first-order valence-corrected chi connectivity index (χ1v) is 9.98. The monoisotopic (exact) mass is 432 g/mol. The summed E-state index contributed by atoms with van der Waals surface area (Å²) in [6, 6.07) is 0. The Morgan fingerprint density at radius 1 is 0.633 bits per heavy atom. The molecular formula is C21H36O9. The highest BCUT2D eigenvalue weighted by Crippen LogP contribution is 1.91. The maximum absolute atomic E-state index is 11.1. The molecule has 0 aliphatic rings. The van der Waals surface area contributed by atoms with Crippen LogP contribution in [0.3, 0.4) is 0 Å². The van der Waals surface area contributed by atoms with Crippen LogP contribution in [0.1, 0.15) is 6.92 Å².